The van der Waals surface area contributed by atoms with Crippen LogP contribution in [0.5, 0.6) is 0 Å². The summed E-state index contributed by atoms with van der Waals surface area (Å²) in [7, 11) is 0. The average molecular weight is 320 g/mol. The summed E-state index contributed by atoms with van der Waals surface area (Å²) >= 11 is 0. The molecule has 4 rings (SSSR count). The number of hydrogen-bond donors (Lipinski definition) is 1. The summed E-state index contributed by atoms with van der Waals surface area (Å²) in [6.45, 7) is 4.24. The first-order chi connectivity index (χ1) is 11.1. The van der Waals surface area contributed by atoms with E-state index in [1.54, 1.807) is 0 Å². The van der Waals surface area contributed by atoms with Gasteiger partial charge in [0.05, 0.1) is 24.6 Å². The van der Waals surface area contributed by atoms with Crippen LogP contribution in [0.2, 0.25) is 0 Å². The first-order valence-corrected chi connectivity index (χ1v) is 8.56. The van der Waals surface area contributed by atoms with E-state index in [-0.39, 0.29) is 18.6 Å². The molecule has 23 heavy (non-hydrogen) atoms. The summed E-state index contributed by atoms with van der Waals surface area (Å²) in [5, 5.41) is 18.5. The standard InChI is InChI=1S/C16H24N4O3/c1-11-8-19(15(22)16(10-21)4-6-23-7-5-16)9-13-17-18-14(20(11)13)12-2-3-12/h11-12,21H,2-10H2,1H3/t11-/m0/s1. The van der Waals surface area contributed by atoms with Crippen LogP contribution in [0.4, 0.5) is 0 Å². The van der Waals surface area contributed by atoms with Gasteiger partial charge in [-0.25, -0.2) is 0 Å². The van der Waals surface area contributed by atoms with Crippen molar-refractivity contribution in [3.63, 3.8) is 0 Å². The molecule has 1 atom stereocenters. The van der Waals surface area contributed by atoms with E-state index in [1.807, 2.05) is 4.90 Å². The van der Waals surface area contributed by atoms with Crippen molar-refractivity contribution in [1.82, 2.24) is 19.7 Å². The van der Waals surface area contributed by atoms with Crippen LogP contribution in [0.1, 0.15) is 56.2 Å². The second kappa shape index (κ2) is 5.56. The van der Waals surface area contributed by atoms with Crippen molar-refractivity contribution in [2.45, 2.75) is 51.1 Å². The number of amides is 1. The minimum Gasteiger partial charge on any atom is -0.395 e. The molecule has 7 nitrogen and oxygen atoms in total. The van der Waals surface area contributed by atoms with Crippen LogP contribution >= 0.6 is 0 Å². The van der Waals surface area contributed by atoms with Gasteiger partial charge in [-0.15, -0.1) is 10.2 Å². The molecule has 1 aliphatic carbocycles. The first kappa shape index (κ1) is 15.1. The van der Waals surface area contributed by atoms with Crippen molar-refractivity contribution in [2.75, 3.05) is 26.4 Å². The summed E-state index contributed by atoms with van der Waals surface area (Å²) in [4.78, 5) is 14.9. The third kappa shape index (κ3) is 2.46. The second-order valence-electron chi connectivity index (χ2n) is 7.20. The highest BCUT2D eigenvalue weighted by atomic mass is 16.5. The number of ether oxygens (including phenoxy) is 1. The lowest BCUT2D eigenvalue weighted by atomic mass is 9.79. The van der Waals surface area contributed by atoms with Gasteiger partial charge in [0, 0.05) is 25.7 Å². The topological polar surface area (TPSA) is 80.5 Å². The maximum Gasteiger partial charge on any atom is 0.231 e. The summed E-state index contributed by atoms with van der Waals surface area (Å²) in [5.41, 5.74) is -0.681. The number of carbonyl (C=O) groups excluding carboxylic acids is 1. The molecule has 1 aromatic rings. The van der Waals surface area contributed by atoms with Crippen molar-refractivity contribution in [1.29, 1.82) is 0 Å². The average Bonchev–Trinajstić information content (AvgIpc) is 3.34. The van der Waals surface area contributed by atoms with E-state index in [1.165, 1.54) is 12.8 Å². The number of carbonyl (C=O) groups is 1. The van der Waals surface area contributed by atoms with Crippen LogP contribution in [-0.4, -0.2) is 57.0 Å². The molecule has 1 N–H and O–H groups in total. The Morgan fingerprint density at radius 3 is 2.74 bits per heavy atom. The van der Waals surface area contributed by atoms with Gasteiger partial charge in [0.15, 0.2) is 5.82 Å². The van der Waals surface area contributed by atoms with Gasteiger partial charge < -0.3 is 19.3 Å². The Balaban J connectivity index is 1.57. The normalized spacial score (nSPS) is 26.9. The molecular weight excluding hydrogens is 296 g/mol. The highest BCUT2D eigenvalue weighted by Gasteiger charge is 2.44. The molecule has 1 saturated carbocycles. The molecule has 126 valence electrons. The van der Waals surface area contributed by atoms with Gasteiger partial charge in [-0.05, 0) is 32.6 Å². The van der Waals surface area contributed by atoms with E-state index < -0.39 is 5.41 Å². The Morgan fingerprint density at radius 1 is 1.35 bits per heavy atom. The smallest absolute Gasteiger partial charge is 0.231 e. The van der Waals surface area contributed by atoms with E-state index in [0.717, 1.165) is 11.6 Å². The highest BCUT2D eigenvalue weighted by Crippen LogP contribution is 2.41. The molecule has 3 aliphatic rings. The largest absolute Gasteiger partial charge is 0.395 e. The molecule has 0 bridgehead atoms. The number of fused-ring (bicyclic) bond motifs is 1. The van der Waals surface area contributed by atoms with Crippen LogP contribution in [0.25, 0.3) is 0 Å². The molecule has 7 heteroatoms. The zero-order chi connectivity index (χ0) is 16.0. The van der Waals surface area contributed by atoms with Gasteiger partial charge in [-0.3, -0.25) is 4.79 Å². The Bertz CT molecular complexity index is 604. The molecule has 0 radical (unpaired) electrons. The van der Waals surface area contributed by atoms with Crippen LogP contribution in [-0.2, 0) is 16.1 Å². The predicted octanol–water partition coefficient (Wildman–Crippen LogP) is 0.848. The molecule has 1 saturated heterocycles. The Morgan fingerprint density at radius 2 is 2.09 bits per heavy atom. The Labute approximate surface area is 135 Å². The van der Waals surface area contributed by atoms with E-state index >= 15 is 0 Å². The SMILES string of the molecule is C[C@H]1CN(C(=O)C2(CO)CCOCC2)Cc2nnc(C3CC3)n21. The van der Waals surface area contributed by atoms with Crippen LogP contribution in [0, 0.1) is 5.41 Å². The fraction of sp³-hybridized carbons (Fsp3) is 0.812. The summed E-state index contributed by atoms with van der Waals surface area (Å²) in [5.74, 6) is 2.55. The first-order valence-electron chi connectivity index (χ1n) is 8.56. The van der Waals surface area contributed by atoms with Crippen molar-refractivity contribution >= 4 is 5.91 Å². The fourth-order valence-corrected chi connectivity index (χ4v) is 3.87. The van der Waals surface area contributed by atoms with Gasteiger partial charge >= 0.3 is 0 Å². The quantitative estimate of drug-likeness (QED) is 0.893. The third-order valence-corrected chi connectivity index (χ3v) is 5.49. The second-order valence-corrected chi connectivity index (χ2v) is 7.20. The highest BCUT2D eigenvalue weighted by molar-refractivity contribution is 5.83. The van der Waals surface area contributed by atoms with Gasteiger partial charge in [-0.1, -0.05) is 0 Å². The predicted molar refractivity (Wildman–Crippen MR) is 81.7 cm³/mol. The number of aromatic nitrogens is 3. The van der Waals surface area contributed by atoms with Gasteiger partial charge in [0.2, 0.25) is 5.91 Å². The molecule has 2 fully saturated rings. The number of aliphatic hydroxyl groups excluding tert-OH is 1. The van der Waals surface area contributed by atoms with E-state index in [9.17, 15) is 9.90 Å². The van der Waals surface area contributed by atoms with E-state index in [4.69, 9.17) is 4.74 Å². The molecule has 0 spiro atoms. The van der Waals surface area contributed by atoms with Crippen LogP contribution in [0.3, 0.4) is 0 Å². The number of nitrogens with zero attached hydrogens (tertiary/aromatic N) is 4. The fourth-order valence-electron chi connectivity index (χ4n) is 3.87. The van der Waals surface area contributed by atoms with Crippen molar-refractivity contribution in [3.8, 4) is 0 Å². The zero-order valence-electron chi connectivity index (χ0n) is 13.6. The van der Waals surface area contributed by atoms with Gasteiger partial charge in [0.1, 0.15) is 5.82 Å². The zero-order valence-corrected chi connectivity index (χ0v) is 13.6. The molecule has 0 aromatic carbocycles. The summed E-state index contributed by atoms with van der Waals surface area (Å²) in [6, 6.07) is 0.184. The van der Waals surface area contributed by atoms with Crippen molar-refractivity contribution < 1.29 is 14.6 Å². The monoisotopic (exact) mass is 320 g/mol. The number of rotatable bonds is 3. The minimum atomic E-state index is -0.681. The number of hydrogen-bond acceptors (Lipinski definition) is 5. The maximum atomic E-state index is 13.1. The molecule has 0 unspecified atom stereocenters. The lowest BCUT2D eigenvalue weighted by molar-refractivity contribution is -0.153. The molecule has 2 aliphatic heterocycles. The lowest BCUT2D eigenvalue weighted by Gasteiger charge is -2.41. The summed E-state index contributed by atoms with van der Waals surface area (Å²) < 4.78 is 7.59. The van der Waals surface area contributed by atoms with Gasteiger partial charge in [-0.2, -0.15) is 0 Å². The van der Waals surface area contributed by atoms with Crippen LogP contribution < -0.4 is 0 Å². The Hall–Kier alpha value is -1.47. The van der Waals surface area contributed by atoms with E-state index in [2.05, 4.69) is 21.7 Å². The molecule has 1 amide bonds. The number of aliphatic hydroxyl groups is 1. The third-order valence-electron chi connectivity index (χ3n) is 5.49. The van der Waals surface area contributed by atoms with Crippen molar-refractivity contribution in [3.05, 3.63) is 11.6 Å². The molecule has 1 aromatic heterocycles. The van der Waals surface area contributed by atoms with E-state index in [0.29, 0.717) is 45.1 Å². The van der Waals surface area contributed by atoms with Crippen molar-refractivity contribution in [2.24, 2.45) is 5.41 Å². The van der Waals surface area contributed by atoms with Gasteiger partial charge in [0.25, 0.3) is 0 Å². The lowest BCUT2D eigenvalue weighted by Crippen LogP contribution is -2.51. The minimum absolute atomic E-state index is 0.0392. The molecular formula is C16H24N4O3. The maximum absolute atomic E-state index is 13.1. The Kier molecular flexibility index (Phi) is 3.65. The summed E-state index contributed by atoms with van der Waals surface area (Å²) in [6.07, 6.45) is 3.57. The van der Waals surface area contributed by atoms with Crippen LogP contribution in [0.15, 0.2) is 0 Å². The molecule has 3 heterocycles.